The molecule has 48 valence electrons. The van der Waals surface area contributed by atoms with E-state index in [0.29, 0.717) is 6.42 Å². The fourth-order valence-electron chi connectivity index (χ4n) is 0.792. The van der Waals surface area contributed by atoms with E-state index in [9.17, 15) is 0 Å². The maximum atomic E-state index is 6.80. The smallest absolute Gasteiger partial charge is 0.0427 e. The van der Waals surface area contributed by atoms with Crippen LogP contribution in [-0.4, -0.2) is 18.5 Å². The van der Waals surface area contributed by atoms with Crippen LogP contribution in [0.1, 0.15) is 12.8 Å². The molecular formula is C7H10N2. The molecule has 0 amide bonds. The van der Waals surface area contributed by atoms with E-state index in [2.05, 4.69) is 11.1 Å². The fraction of sp³-hybridized carbons (Fsp3) is 0.429. The molecule has 0 aliphatic carbocycles. The average molecular weight is 122 g/mol. The summed E-state index contributed by atoms with van der Waals surface area (Å²) in [5, 5.41) is 6.80. The number of allylic oxidation sites excluding steroid dienone is 1. The number of nitrogens with one attached hydrogen (secondary N) is 1. The van der Waals surface area contributed by atoms with Crippen molar-refractivity contribution in [1.82, 2.24) is 0 Å². The van der Waals surface area contributed by atoms with Crippen LogP contribution in [0.2, 0.25) is 0 Å². The van der Waals surface area contributed by atoms with Gasteiger partial charge in [-0.15, -0.1) is 0 Å². The summed E-state index contributed by atoms with van der Waals surface area (Å²) in [6.07, 6.45) is 7.23. The van der Waals surface area contributed by atoms with E-state index < -0.39 is 0 Å². The molecule has 0 saturated heterocycles. The van der Waals surface area contributed by atoms with Crippen LogP contribution in [0, 0.1) is 5.41 Å². The Morgan fingerprint density at radius 2 is 2.67 bits per heavy atom. The maximum absolute atomic E-state index is 6.80. The van der Waals surface area contributed by atoms with Gasteiger partial charge in [0.15, 0.2) is 0 Å². The first kappa shape index (κ1) is 6.20. The van der Waals surface area contributed by atoms with Crippen molar-refractivity contribution in [2.45, 2.75) is 12.8 Å². The minimum atomic E-state index is 0.691. The van der Waals surface area contributed by atoms with Crippen LogP contribution in [0.3, 0.4) is 0 Å². The van der Waals surface area contributed by atoms with Crippen LogP contribution >= 0.6 is 0 Å². The molecule has 0 atom stereocenters. The summed E-state index contributed by atoms with van der Waals surface area (Å²) >= 11 is 0. The van der Waals surface area contributed by atoms with Crippen molar-refractivity contribution < 1.29 is 0 Å². The maximum Gasteiger partial charge on any atom is 0.0427 e. The second kappa shape index (κ2) is 3.17. The molecule has 0 aromatic carbocycles. The first-order valence-corrected chi connectivity index (χ1v) is 3.12. The van der Waals surface area contributed by atoms with Crippen LogP contribution in [0.5, 0.6) is 0 Å². The molecule has 0 aromatic heterocycles. The predicted molar refractivity (Wildman–Crippen MR) is 39.5 cm³/mol. The highest BCUT2D eigenvalue weighted by Gasteiger charge is 1.94. The third-order valence-electron chi connectivity index (χ3n) is 1.23. The normalized spacial score (nSPS) is 17.1. The first-order chi connectivity index (χ1) is 4.43. The van der Waals surface area contributed by atoms with E-state index in [0.717, 1.165) is 18.7 Å². The monoisotopic (exact) mass is 122 g/mol. The first-order valence-electron chi connectivity index (χ1n) is 3.12. The van der Waals surface area contributed by atoms with Crippen molar-refractivity contribution in [3.05, 3.63) is 12.2 Å². The molecule has 2 heteroatoms. The van der Waals surface area contributed by atoms with Crippen molar-refractivity contribution in [3.8, 4) is 0 Å². The molecule has 9 heavy (non-hydrogen) atoms. The lowest BCUT2D eigenvalue weighted by Gasteiger charge is -2.00. The molecule has 0 saturated carbocycles. The number of hydrogen-bond acceptors (Lipinski definition) is 2. The molecule has 1 aliphatic heterocycles. The quantitative estimate of drug-likeness (QED) is 0.538. The highest BCUT2D eigenvalue weighted by atomic mass is 14.7. The van der Waals surface area contributed by atoms with E-state index in [-0.39, 0.29) is 0 Å². The number of aliphatic imine (C=N–C) groups is 1. The van der Waals surface area contributed by atoms with Crippen molar-refractivity contribution in [3.63, 3.8) is 0 Å². The number of rotatable bonds is 2. The van der Waals surface area contributed by atoms with Gasteiger partial charge in [0.1, 0.15) is 0 Å². The van der Waals surface area contributed by atoms with E-state index in [1.807, 2.05) is 6.08 Å². The van der Waals surface area contributed by atoms with Gasteiger partial charge in [-0.25, -0.2) is 0 Å². The van der Waals surface area contributed by atoms with Gasteiger partial charge in [-0.3, -0.25) is 4.99 Å². The highest BCUT2D eigenvalue weighted by molar-refractivity contribution is 6.02. The van der Waals surface area contributed by atoms with E-state index >= 15 is 0 Å². The summed E-state index contributed by atoms with van der Waals surface area (Å²) in [6.45, 7) is 0.902. The van der Waals surface area contributed by atoms with Crippen molar-refractivity contribution in [1.29, 1.82) is 5.41 Å². The number of nitrogens with zero attached hydrogens (tertiary/aromatic N) is 1. The van der Waals surface area contributed by atoms with Gasteiger partial charge in [-0.2, -0.15) is 0 Å². The third-order valence-corrected chi connectivity index (χ3v) is 1.23. The molecule has 1 aliphatic rings. The minimum absolute atomic E-state index is 0.691. The van der Waals surface area contributed by atoms with Crippen LogP contribution in [0.15, 0.2) is 17.1 Å². The molecule has 1 rings (SSSR count). The molecule has 0 fully saturated rings. The molecule has 0 radical (unpaired) electrons. The van der Waals surface area contributed by atoms with Gasteiger partial charge < -0.3 is 5.41 Å². The molecule has 1 heterocycles. The average Bonchev–Trinajstić information content (AvgIpc) is 1.91. The van der Waals surface area contributed by atoms with Gasteiger partial charge in [-0.05, 0) is 12.5 Å². The lowest BCUT2D eigenvalue weighted by Crippen LogP contribution is -1.99. The van der Waals surface area contributed by atoms with Crippen LogP contribution in [-0.2, 0) is 0 Å². The summed E-state index contributed by atoms with van der Waals surface area (Å²) in [6, 6.07) is 0. The minimum Gasteiger partial charge on any atom is -0.313 e. The summed E-state index contributed by atoms with van der Waals surface area (Å²) in [5.74, 6) is 0. The summed E-state index contributed by atoms with van der Waals surface area (Å²) in [5.41, 5.74) is 1.04. The van der Waals surface area contributed by atoms with Gasteiger partial charge >= 0.3 is 0 Å². The number of hydrogen-bond donors (Lipinski definition) is 1. The second-order valence-corrected chi connectivity index (χ2v) is 1.97. The van der Waals surface area contributed by atoms with Gasteiger partial charge in [0.2, 0.25) is 0 Å². The molecule has 0 spiro atoms. The Balaban J connectivity index is 2.47. The lowest BCUT2D eigenvalue weighted by molar-refractivity contribution is 0.988. The topological polar surface area (TPSA) is 36.2 Å². The Kier molecular flexibility index (Phi) is 2.19. The summed E-state index contributed by atoms with van der Waals surface area (Å²) < 4.78 is 0. The zero-order chi connectivity index (χ0) is 6.53. The fourth-order valence-corrected chi connectivity index (χ4v) is 0.792. The Bertz CT molecular complexity index is 156. The van der Waals surface area contributed by atoms with Crippen molar-refractivity contribution in [2.24, 2.45) is 4.99 Å². The lowest BCUT2D eigenvalue weighted by atomic mass is 10.2. The molecule has 1 N–H and O–H groups in total. The molecular weight excluding hydrogens is 112 g/mol. The van der Waals surface area contributed by atoms with Gasteiger partial charge in [-0.1, -0.05) is 6.08 Å². The van der Waals surface area contributed by atoms with Crippen molar-refractivity contribution >= 4 is 11.9 Å². The molecule has 0 unspecified atom stereocenters. The SMILES string of the molecule is N=CCC1=NCCC=C1. The highest BCUT2D eigenvalue weighted by Crippen LogP contribution is 1.97. The Hall–Kier alpha value is -0.920. The number of dihydropyridines is 1. The molecule has 0 aromatic rings. The van der Waals surface area contributed by atoms with E-state index in [1.54, 1.807) is 0 Å². The van der Waals surface area contributed by atoms with Crippen LogP contribution in [0.4, 0.5) is 0 Å². The third kappa shape index (κ3) is 1.80. The van der Waals surface area contributed by atoms with Gasteiger partial charge in [0.25, 0.3) is 0 Å². The Morgan fingerprint density at radius 3 is 3.22 bits per heavy atom. The Morgan fingerprint density at radius 1 is 1.78 bits per heavy atom. The van der Waals surface area contributed by atoms with E-state index in [1.165, 1.54) is 6.21 Å². The zero-order valence-electron chi connectivity index (χ0n) is 5.30. The summed E-state index contributed by atoms with van der Waals surface area (Å²) in [4.78, 5) is 4.20. The predicted octanol–water partition coefficient (Wildman–Crippen LogP) is 1.43. The Labute approximate surface area is 54.8 Å². The van der Waals surface area contributed by atoms with E-state index in [4.69, 9.17) is 5.41 Å². The zero-order valence-corrected chi connectivity index (χ0v) is 5.30. The largest absolute Gasteiger partial charge is 0.313 e. The van der Waals surface area contributed by atoms with Crippen molar-refractivity contribution in [2.75, 3.05) is 6.54 Å². The van der Waals surface area contributed by atoms with Gasteiger partial charge in [0.05, 0.1) is 0 Å². The standard InChI is InChI=1S/C7H10N2/c8-5-4-7-3-1-2-6-9-7/h1,3,5,8H,2,4,6H2. The van der Waals surface area contributed by atoms with Gasteiger partial charge in [0, 0.05) is 24.9 Å². The van der Waals surface area contributed by atoms with Crippen LogP contribution in [0.25, 0.3) is 0 Å². The van der Waals surface area contributed by atoms with Crippen LogP contribution < -0.4 is 0 Å². The molecule has 2 nitrogen and oxygen atoms in total. The summed E-state index contributed by atoms with van der Waals surface area (Å²) in [7, 11) is 0. The second-order valence-electron chi connectivity index (χ2n) is 1.97. The molecule has 0 bridgehead atoms.